The van der Waals surface area contributed by atoms with Gasteiger partial charge in [-0.2, -0.15) is 114 Å². The molecule has 0 bridgehead atoms. The number of esters is 9. The van der Waals surface area contributed by atoms with Crippen LogP contribution in [0.3, 0.4) is 0 Å². The summed E-state index contributed by atoms with van der Waals surface area (Å²) >= 11 is 36.7. The van der Waals surface area contributed by atoms with Crippen molar-refractivity contribution in [3.8, 4) is 0 Å². The van der Waals surface area contributed by atoms with E-state index in [2.05, 4.69) is 114 Å². The van der Waals surface area contributed by atoms with Crippen LogP contribution < -0.4 is 17.1 Å². The zero-order chi connectivity index (χ0) is 66.5. The van der Waals surface area contributed by atoms with Crippen LogP contribution in [-0.2, 0) is 105 Å². The van der Waals surface area contributed by atoms with E-state index >= 15 is 0 Å². The predicted octanol–water partition coefficient (Wildman–Crippen LogP) is 5.18. The van der Waals surface area contributed by atoms with Gasteiger partial charge in [0, 0.05) is 47.2 Å². The lowest BCUT2D eigenvalue weighted by Gasteiger charge is -2.15. The summed E-state index contributed by atoms with van der Waals surface area (Å²) in [6, 6.07) is 0. The largest absolute Gasteiger partial charge is 0.466 e. The van der Waals surface area contributed by atoms with Gasteiger partial charge in [-0.25, -0.2) is 28.1 Å². The van der Waals surface area contributed by atoms with Crippen LogP contribution in [0, 0.1) is 0 Å². The van der Waals surface area contributed by atoms with E-state index in [0.29, 0.717) is 38.9 Å². The number of aromatic nitrogens is 3. The third kappa shape index (κ3) is 53.8. The van der Waals surface area contributed by atoms with Crippen molar-refractivity contribution in [2.45, 2.75) is 200 Å². The third-order valence-electron chi connectivity index (χ3n) is 9.56. The Bertz CT molecular complexity index is 2060. The number of ether oxygens (including phenoxy) is 9. The molecule has 9 unspecified atom stereocenters. The molecule has 24 nitrogen and oxygen atoms in total. The highest BCUT2D eigenvalue weighted by atomic mass is 32.1. The number of hydrogen-bond acceptors (Lipinski definition) is 30. The third-order valence-corrected chi connectivity index (χ3v) is 11.2. The summed E-state index contributed by atoms with van der Waals surface area (Å²) in [6.45, 7) is 15.2. The topological polar surface area (TPSA) is 303 Å². The lowest BCUT2D eigenvalue weighted by molar-refractivity contribution is -0.152. The zero-order valence-electron chi connectivity index (χ0n) is 50.4. The average Bonchev–Trinajstić information content (AvgIpc) is 3.57. The fourth-order valence-electron chi connectivity index (χ4n) is 5.91. The van der Waals surface area contributed by atoms with E-state index < -0.39 is 35.0 Å². The molecular formula is C53H91N3O21S9. The van der Waals surface area contributed by atoms with Crippen molar-refractivity contribution in [2.75, 3.05) is 59.5 Å². The van der Waals surface area contributed by atoms with Crippen LogP contribution in [-0.4, -0.2) is 174 Å². The highest BCUT2D eigenvalue weighted by molar-refractivity contribution is 7.82. The standard InChI is InChI=1S/C21H33N3O9S3.C12H22O4S2.2C10H18O4S2/c1-13(34)10-16(25)31-7-4-22-19(28)23(5-8-32-17(26)11-14(2)35)21(30)24(20(22)29)6-9-33-18(27)12-15(3)36;1-9(17)7-11(13)15-5-3-4-6-16-12(14)8-10(2)18;2*1-7(15)5-9(11)13-3-4-14-10(12)6-8(2)16/h13-15,34-36H,4-12H2,1-3H3;9-10,17-18H,3-8H2,1-2H3;2*7-8,15-16H,3-6H2,1-2H3. The molecule has 0 aromatic carbocycles. The molecule has 0 fully saturated rings. The van der Waals surface area contributed by atoms with E-state index in [1.807, 2.05) is 13.8 Å². The Hall–Kier alpha value is -3.21. The quantitative estimate of drug-likeness (QED) is 0.0178. The van der Waals surface area contributed by atoms with Crippen molar-refractivity contribution in [2.24, 2.45) is 0 Å². The Morgan fingerprint density at radius 1 is 0.256 bits per heavy atom. The van der Waals surface area contributed by atoms with Crippen LogP contribution in [0.5, 0.6) is 0 Å². The maximum atomic E-state index is 12.9. The van der Waals surface area contributed by atoms with Gasteiger partial charge in [-0.1, -0.05) is 62.3 Å². The molecule has 0 saturated heterocycles. The molecule has 0 amide bonds. The van der Waals surface area contributed by atoms with Gasteiger partial charge in [0.1, 0.15) is 46.2 Å². The van der Waals surface area contributed by atoms with Gasteiger partial charge in [0.05, 0.1) is 90.6 Å². The van der Waals surface area contributed by atoms with Crippen molar-refractivity contribution in [1.82, 2.24) is 13.7 Å². The molecule has 1 aromatic heterocycles. The van der Waals surface area contributed by atoms with Crippen molar-refractivity contribution < 1.29 is 85.8 Å². The van der Waals surface area contributed by atoms with E-state index in [4.69, 9.17) is 42.6 Å². The maximum absolute atomic E-state index is 12.9. The fraction of sp³-hybridized carbons (Fsp3) is 0.774. The minimum absolute atomic E-state index is 0.0154. The second-order valence-corrected chi connectivity index (χ2v) is 27.4. The first-order chi connectivity index (χ1) is 40.1. The Morgan fingerprint density at radius 3 is 0.523 bits per heavy atom. The molecule has 498 valence electrons. The smallest absolute Gasteiger partial charge is 0.336 e. The highest BCUT2D eigenvalue weighted by Gasteiger charge is 2.19. The monoisotopic (exact) mass is 1390 g/mol. The van der Waals surface area contributed by atoms with Crippen LogP contribution in [0.2, 0.25) is 0 Å². The number of nitrogens with zero attached hydrogens (tertiary/aromatic N) is 3. The number of unbranched alkanes of at least 4 members (excludes halogenated alkanes) is 1. The molecular weight excluding hydrogens is 1300 g/mol. The number of rotatable bonds is 38. The minimum Gasteiger partial charge on any atom is -0.466 e. The number of hydrogen-bond donors (Lipinski definition) is 9. The molecule has 33 heteroatoms. The molecule has 0 N–H and O–H groups in total. The van der Waals surface area contributed by atoms with Gasteiger partial charge in [-0.15, -0.1) is 0 Å². The molecule has 86 heavy (non-hydrogen) atoms. The van der Waals surface area contributed by atoms with E-state index in [9.17, 15) is 57.5 Å². The first-order valence-corrected chi connectivity index (χ1v) is 32.2. The van der Waals surface area contributed by atoms with Crippen molar-refractivity contribution in [3.05, 3.63) is 31.5 Å². The van der Waals surface area contributed by atoms with Crippen LogP contribution in [0.4, 0.5) is 0 Å². The van der Waals surface area contributed by atoms with Crippen molar-refractivity contribution in [1.29, 1.82) is 0 Å². The molecule has 0 spiro atoms. The second-order valence-electron chi connectivity index (χ2n) is 19.5. The van der Waals surface area contributed by atoms with Crippen molar-refractivity contribution >= 4 is 167 Å². The summed E-state index contributed by atoms with van der Waals surface area (Å²) in [5, 5.41) is -0.786. The van der Waals surface area contributed by atoms with Crippen LogP contribution >= 0.6 is 114 Å². The van der Waals surface area contributed by atoms with Crippen LogP contribution in [0.15, 0.2) is 14.4 Å². The van der Waals surface area contributed by atoms with Crippen LogP contribution in [0.1, 0.15) is 133 Å². The Kier molecular flexibility index (Phi) is 53.2. The molecule has 1 aromatic rings. The molecule has 0 radical (unpaired) electrons. The summed E-state index contributed by atoms with van der Waals surface area (Å²) in [6.07, 6.45) is 3.14. The fourth-order valence-corrected chi connectivity index (χ4v) is 7.25. The summed E-state index contributed by atoms with van der Waals surface area (Å²) < 4.78 is 46.6. The SMILES string of the molecule is CC(S)CC(=O)OCCCCOC(=O)CC(C)S.CC(S)CC(=O)OCCOC(=O)CC(C)S.CC(S)CC(=O)OCCOC(=O)CC(C)S.CC(S)CC(=O)OCCn1c(=O)n(CCOC(=O)CC(C)S)c(=O)n(CCOC(=O)CC(C)S)c1=O. The van der Waals surface area contributed by atoms with Crippen molar-refractivity contribution in [3.63, 3.8) is 0 Å². The van der Waals surface area contributed by atoms with E-state index in [1.165, 1.54) is 0 Å². The average molecular weight is 1390 g/mol. The molecule has 1 rings (SSSR count). The molecule has 0 aliphatic heterocycles. The number of thiol groups is 9. The summed E-state index contributed by atoms with van der Waals surface area (Å²) in [5.41, 5.74) is -2.88. The highest BCUT2D eigenvalue weighted by Crippen LogP contribution is 2.08. The first kappa shape index (κ1) is 87.0. The molecule has 0 aliphatic carbocycles. The maximum Gasteiger partial charge on any atom is 0.336 e. The van der Waals surface area contributed by atoms with Gasteiger partial charge in [0.2, 0.25) is 0 Å². The second kappa shape index (κ2) is 52.6. The van der Waals surface area contributed by atoms with E-state index in [0.717, 1.165) is 13.7 Å². The van der Waals surface area contributed by atoms with E-state index in [-0.39, 0.29) is 194 Å². The molecule has 1 heterocycles. The summed E-state index contributed by atoms with van der Waals surface area (Å²) in [4.78, 5) is 140. The number of carbonyl (C=O) groups excluding carboxylic acids is 9. The lowest BCUT2D eigenvalue weighted by atomic mass is 10.3. The van der Waals surface area contributed by atoms with Gasteiger partial charge in [0.25, 0.3) is 0 Å². The Labute approximate surface area is 553 Å². The summed E-state index contributed by atoms with van der Waals surface area (Å²) in [7, 11) is 0. The first-order valence-electron chi connectivity index (χ1n) is 27.6. The van der Waals surface area contributed by atoms with Gasteiger partial charge >= 0.3 is 70.8 Å². The number of carbonyl (C=O) groups is 9. The predicted molar refractivity (Wildman–Crippen MR) is 355 cm³/mol. The molecule has 0 saturated carbocycles. The normalized spacial score (nSPS) is 13.7. The molecule has 9 atom stereocenters. The Balaban J connectivity index is -0.00000116. The van der Waals surface area contributed by atoms with Crippen LogP contribution in [0.25, 0.3) is 0 Å². The van der Waals surface area contributed by atoms with Gasteiger partial charge in [-0.3, -0.25) is 43.2 Å². The molecule has 0 aliphatic rings. The van der Waals surface area contributed by atoms with Gasteiger partial charge < -0.3 is 42.6 Å². The summed E-state index contributed by atoms with van der Waals surface area (Å²) in [5.74, 6) is -3.49. The van der Waals surface area contributed by atoms with Gasteiger partial charge in [0.15, 0.2) is 0 Å². The zero-order valence-corrected chi connectivity index (χ0v) is 58.4. The van der Waals surface area contributed by atoms with Gasteiger partial charge in [-0.05, 0) is 12.8 Å². The minimum atomic E-state index is -0.959. The Morgan fingerprint density at radius 2 is 0.384 bits per heavy atom. The lowest BCUT2D eigenvalue weighted by Crippen LogP contribution is -2.55. The van der Waals surface area contributed by atoms with E-state index in [1.54, 1.807) is 48.5 Å².